The number of hydrogen-bond acceptors (Lipinski definition) is 4. The number of guanidine groups is 1. The van der Waals surface area contributed by atoms with Crippen molar-refractivity contribution in [2.45, 2.75) is 31.5 Å². The monoisotopic (exact) mass is 475 g/mol. The molecule has 7 heteroatoms. The Morgan fingerprint density at radius 1 is 1.40 bits per heavy atom. The van der Waals surface area contributed by atoms with Crippen LogP contribution in [0.15, 0.2) is 35.3 Å². The Morgan fingerprint density at radius 3 is 2.96 bits per heavy atom. The minimum atomic E-state index is -0.542. The molecule has 25 heavy (non-hydrogen) atoms. The second-order valence-electron chi connectivity index (χ2n) is 6.01. The molecular weight excluding hydrogens is 449 g/mol. The standard InChI is InChI=1S/C18H25N3O2S.HI/c1-19-18(20-9-8-14-6-4-10-23-14)21-12-15(22)17-11-13-5-2-3-7-16(13)24-17;/h2-3,5,7,11,14-15,22H,4,6,8-10,12H2,1H3,(H2,19,20,21);1H. The van der Waals surface area contributed by atoms with Gasteiger partial charge in [-0.05, 0) is 36.8 Å². The largest absolute Gasteiger partial charge is 0.386 e. The lowest BCUT2D eigenvalue weighted by molar-refractivity contribution is 0.105. The van der Waals surface area contributed by atoms with Crippen molar-refractivity contribution in [2.75, 3.05) is 26.7 Å². The van der Waals surface area contributed by atoms with E-state index >= 15 is 0 Å². The summed E-state index contributed by atoms with van der Waals surface area (Å²) in [6.45, 7) is 2.15. The molecule has 0 saturated carbocycles. The zero-order valence-corrected chi connectivity index (χ0v) is 17.6. The molecule has 0 bridgehead atoms. The molecule has 0 spiro atoms. The lowest BCUT2D eigenvalue weighted by Crippen LogP contribution is -2.40. The Balaban J connectivity index is 0.00000225. The third-order valence-corrected chi connectivity index (χ3v) is 5.46. The van der Waals surface area contributed by atoms with Gasteiger partial charge in [0.25, 0.3) is 0 Å². The van der Waals surface area contributed by atoms with Crippen molar-refractivity contribution < 1.29 is 9.84 Å². The van der Waals surface area contributed by atoms with E-state index in [1.165, 1.54) is 16.5 Å². The van der Waals surface area contributed by atoms with Crippen LogP contribution in [0, 0.1) is 0 Å². The predicted octanol–water partition coefficient (Wildman–Crippen LogP) is 3.29. The van der Waals surface area contributed by atoms with Gasteiger partial charge in [-0.3, -0.25) is 4.99 Å². The number of rotatable bonds is 6. The van der Waals surface area contributed by atoms with E-state index in [-0.39, 0.29) is 24.0 Å². The van der Waals surface area contributed by atoms with Crippen LogP contribution in [0.5, 0.6) is 0 Å². The molecule has 2 atom stereocenters. The Bertz CT molecular complexity index is 653. The van der Waals surface area contributed by atoms with E-state index in [1.807, 2.05) is 12.1 Å². The van der Waals surface area contributed by atoms with E-state index in [2.05, 4.69) is 33.8 Å². The van der Waals surface area contributed by atoms with Crippen LogP contribution in [0.1, 0.15) is 30.2 Å². The fraction of sp³-hybridized carbons (Fsp3) is 0.500. The highest BCUT2D eigenvalue weighted by Crippen LogP contribution is 2.29. The number of thiophene rings is 1. The van der Waals surface area contributed by atoms with Gasteiger partial charge in [0.2, 0.25) is 0 Å². The summed E-state index contributed by atoms with van der Waals surface area (Å²) >= 11 is 1.63. The number of nitrogens with one attached hydrogen (secondary N) is 2. The van der Waals surface area contributed by atoms with Crippen LogP contribution in [0.4, 0.5) is 0 Å². The summed E-state index contributed by atoms with van der Waals surface area (Å²) < 4.78 is 6.81. The Hall–Kier alpha value is -0.900. The summed E-state index contributed by atoms with van der Waals surface area (Å²) in [6.07, 6.45) is 3.13. The van der Waals surface area contributed by atoms with Crippen molar-refractivity contribution in [3.05, 3.63) is 35.2 Å². The van der Waals surface area contributed by atoms with Crippen LogP contribution in [0.3, 0.4) is 0 Å². The third-order valence-electron chi connectivity index (χ3n) is 4.24. The Morgan fingerprint density at radius 2 is 2.24 bits per heavy atom. The summed E-state index contributed by atoms with van der Waals surface area (Å²) in [5.74, 6) is 0.716. The minimum absolute atomic E-state index is 0. The van der Waals surface area contributed by atoms with Crippen molar-refractivity contribution in [1.29, 1.82) is 0 Å². The summed E-state index contributed by atoms with van der Waals surface area (Å²) in [5, 5.41) is 18.1. The smallest absolute Gasteiger partial charge is 0.191 e. The van der Waals surface area contributed by atoms with Gasteiger partial charge in [0.05, 0.1) is 6.10 Å². The van der Waals surface area contributed by atoms with Crippen molar-refractivity contribution in [3.63, 3.8) is 0 Å². The average molecular weight is 475 g/mol. The number of nitrogens with zero attached hydrogens (tertiary/aromatic N) is 1. The fourth-order valence-electron chi connectivity index (χ4n) is 2.90. The third kappa shape index (κ3) is 5.80. The molecule has 1 aromatic carbocycles. The zero-order valence-electron chi connectivity index (χ0n) is 14.4. The number of halogens is 1. The molecule has 0 radical (unpaired) electrons. The molecule has 1 aliphatic heterocycles. The molecule has 1 aromatic heterocycles. The number of hydrogen-bond donors (Lipinski definition) is 3. The topological polar surface area (TPSA) is 65.9 Å². The lowest BCUT2D eigenvalue weighted by Gasteiger charge is -2.15. The van der Waals surface area contributed by atoms with Crippen LogP contribution in [0.25, 0.3) is 10.1 Å². The van der Waals surface area contributed by atoms with E-state index < -0.39 is 6.10 Å². The van der Waals surface area contributed by atoms with Gasteiger partial charge in [0.1, 0.15) is 6.10 Å². The van der Waals surface area contributed by atoms with Crippen molar-refractivity contribution in [2.24, 2.45) is 4.99 Å². The quantitative estimate of drug-likeness (QED) is 0.341. The molecular formula is C18H26IN3O2S. The molecule has 3 rings (SSSR count). The molecule has 2 aromatic rings. The van der Waals surface area contributed by atoms with E-state index in [4.69, 9.17) is 4.74 Å². The molecule has 3 N–H and O–H groups in total. The van der Waals surface area contributed by atoms with Crippen LogP contribution in [0.2, 0.25) is 0 Å². The van der Waals surface area contributed by atoms with Crippen molar-refractivity contribution in [1.82, 2.24) is 10.6 Å². The number of ether oxygens (including phenoxy) is 1. The van der Waals surface area contributed by atoms with Gasteiger partial charge in [-0.25, -0.2) is 0 Å². The summed E-state index contributed by atoms with van der Waals surface area (Å²) in [6, 6.07) is 10.2. The molecule has 1 fully saturated rings. The van der Waals surface area contributed by atoms with Gasteiger partial charge < -0.3 is 20.5 Å². The average Bonchev–Trinajstić information content (AvgIpc) is 3.26. The Labute approximate surface area is 169 Å². The maximum absolute atomic E-state index is 10.4. The van der Waals surface area contributed by atoms with Crippen LogP contribution in [-0.2, 0) is 4.74 Å². The second-order valence-corrected chi connectivity index (χ2v) is 7.12. The highest BCUT2D eigenvalue weighted by atomic mass is 127. The first-order chi connectivity index (χ1) is 11.8. The van der Waals surface area contributed by atoms with Gasteiger partial charge in [-0.1, -0.05) is 18.2 Å². The first-order valence-electron chi connectivity index (χ1n) is 8.49. The molecule has 5 nitrogen and oxygen atoms in total. The minimum Gasteiger partial charge on any atom is -0.386 e. The number of aliphatic hydroxyl groups excluding tert-OH is 1. The number of aliphatic hydroxyl groups is 1. The molecule has 2 unspecified atom stereocenters. The summed E-state index contributed by atoms with van der Waals surface area (Å²) in [5.41, 5.74) is 0. The first-order valence-corrected chi connectivity index (χ1v) is 9.30. The summed E-state index contributed by atoms with van der Waals surface area (Å²) in [4.78, 5) is 5.18. The molecule has 138 valence electrons. The number of fused-ring (bicyclic) bond motifs is 1. The highest BCUT2D eigenvalue weighted by Gasteiger charge is 2.15. The molecule has 2 heterocycles. The van der Waals surface area contributed by atoms with Crippen LogP contribution in [-0.4, -0.2) is 43.9 Å². The second kappa shape index (κ2) is 10.3. The van der Waals surface area contributed by atoms with Crippen LogP contribution < -0.4 is 10.6 Å². The SMILES string of the molecule is CN=C(NCCC1CCCO1)NCC(O)c1cc2ccccc2s1.I. The van der Waals surface area contributed by atoms with Gasteiger partial charge in [-0.2, -0.15) is 0 Å². The van der Waals surface area contributed by atoms with Gasteiger partial charge >= 0.3 is 0 Å². The number of benzene rings is 1. The normalized spacial score (nSPS) is 18.8. The van der Waals surface area contributed by atoms with Crippen molar-refractivity contribution in [3.8, 4) is 0 Å². The van der Waals surface area contributed by atoms with Gasteiger partial charge in [0.15, 0.2) is 5.96 Å². The van der Waals surface area contributed by atoms with E-state index in [9.17, 15) is 5.11 Å². The Kier molecular flexibility index (Phi) is 8.41. The number of aliphatic imine (C=N–C) groups is 1. The van der Waals surface area contributed by atoms with Gasteiger partial charge in [-0.15, -0.1) is 35.3 Å². The maximum atomic E-state index is 10.4. The van der Waals surface area contributed by atoms with Crippen LogP contribution >= 0.6 is 35.3 Å². The predicted molar refractivity (Wildman–Crippen MR) is 115 cm³/mol. The maximum Gasteiger partial charge on any atom is 0.191 e. The molecule has 0 amide bonds. The first kappa shape index (κ1) is 20.4. The molecule has 0 aliphatic carbocycles. The summed E-state index contributed by atoms with van der Waals surface area (Å²) in [7, 11) is 1.74. The lowest BCUT2D eigenvalue weighted by atomic mass is 10.2. The fourth-order valence-corrected chi connectivity index (χ4v) is 3.96. The van der Waals surface area contributed by atoms with E-state index in [0.29, 0.717) is 18.6 Å². The molecule has 1 saturated heterocycles. The van der Waals surface area contributed by atoms with E-state index in [1.54, 1.807) is 18.4 Å². The zero-order chi connectivity index (χ0) is 16.8. The van der Waals surface area contributed by atoms with E-state index in [0.717, 1.165) is 30.9 Å². The van der Waals surface area contributed by atoms with Crippen molar-refractivity contribution >= 4 is 51.4 Å². The van der Waals surface area contributed by atoms with Gasteiger partial charge in [0, 0.05) is 36.3 Å². The highest BCUT2D eigenvalue weighted by molar-refractivity contribution is 14.0. The molecule has 1 aliphatic rings.